The fraction of sp³-hybridized carbons (Fsp3) is 0.529. The molecule has 1 saturated carbocycles. The van der Waals surface area contributed by atoms with Crippen LogP contribution < -0.4 is 21.1 Å². The Kier molecular flexibility index (Phi) is 6.07. The van der Waals surface area contributed by atoms with E-state index in [1.54, 1.807) is 25.1 Å². The van der Waals surface area contributed by atoms with Crippen LogP contribution in [0.25, 0.3) is 0 Å². The van der Waals surface area contributed by atoms with E-state index in [9.17, 15) is 9.59 Å². The number of hydrogen-bond donors (Lipinski definition) is 3. The summed E-state index contributed by atoms with van der Waals surface area (Å²) < 4.78 is 5.50. The van der Waals surface area contributed by atoms with Gasteiger partial charge in [0, 0.05) is 18.2 Å². The molecule has 1 heterocycles. The molecular formula is C17H24ClN3O3. The largest absolute Gasteiger partial charge is 0.479 e. The number of ether oxygens (including phenoxy) is 1. The van der Waals surface area contributed by atoms with Crippen LogP contribution in [0.5, 0.6) is 5.75 Å². The standard InChI is InChI=1S/C17H23N3O3.ClH/c1-10-17(22)20-14-9-12(6-7-15(14)23-10)19-16(21)8-11-4-2-3-5-13(11)18;/h6-7,9-11,13H,2-5,8,18H2,1H3,(H,19,21)(H,20,22);1H. The molecule has 1 aromatic carbocycles. The number of amides is 2. The lowest BCUT2D eigenvalue weighted by atomic mass is 9.83. The molecule has 2 amide bonds. The summed E-state index contributed by atoms with van der Waals surface area (Å²) >= 11 is 0. The van der Waals surface area contributed by atoms with Crippen molar-refractivity contribution in [2.24, 2.45) is 11.7 Å². The minimum Gasteiger partial charge on any atom is -0.479 e. The number of nitrogens with one attached hydrogen (secondary N) is 2. The Balaban J connectivity index is 0.00000208. The molecule has 1 aromatic rings. The van der Waals surface area contributed by atoms with Gasteiger partial charge in [0.15, 0.2) is 6.10 Å². The summed E-state index contributed by atoms with van der Waals surface area (Å²) in [6.45, 7) is 1.70. The maximum Gasteiger partial charge on any atom is 0.265 e. The van der Waals surface area contributed by atoms with Gasteiger partial charge in [-0.3, -0.25) is 9.59 Å². The number of hydrogen-bond acceptors (Lipinski definition) is 4. The zero-order chi connectivity index (χ0) is 16.4. The predicted molar refractivity (Wildman–Crippen MR) is 95.6 cm³/mol. The van der Waals surface area contributed by atoms with E-state index < -0.39 is 6.10 Å². The Labute approximate surface area is 147 Å². The average molecular weight is 354 g/mol. The van der Waals surface area contributed by atoms with Gasteiger partial charge >= 0.3 is 0 Å². The highest BCUT2D eigenvalue weighted by molar-refractivity contribution is 5.99. The molecule has 24 heavy (non-hydrogen) atoms. The number of rotatable bonds is 3. The number of carbonyl (C=O) groups excluding carboxylic acids is 2. The van der Waals surface area contributed by atoms with Crippen LogP contribution in [0.15, 0.2) is 18.2 Å². The number of halogens is 1. The smallest absolute Gasteiger partial charge is 0.265 e. The maximum atomic E-state index is 12.2. The first-order valence-electron chi connectivity index (χ1n) is 8.20. The van der Waals surface area contributed by atoms with Crippen molar-refractivity contribution in [1.82, 2.24) is 0 Å². The molecule has 3 rings (SSSR count). The third-order valence-corrected chi connectivity index (χ3v) is 4.61. The van der Waals surface area contributed by atoms with Gasteiger partial charge in [0.25, 0.3) is 5.91 Å². The summed E-state index contributed by atoms with van der Waals surface area (Å²) in [5.74, 6) is 0.646. The van der Waals surface area contributed by atoms with Gasteiger partial charge in [-0.2, -0.15) is 0 Å². The molecule has 4 N–H and O–H groups in total. The van der Waals surface area contributed by atoms with Gasteiger partial charge in [0.1, 0.15) is 5.75 Å². The van der Waals surface area contributed by atoms with Crippen molar-refractivity contribution in [2.45, 2.75) is 51.2 Å². The fourth-order valence-electron chi connectivity index (χ4n) is 3.23. The highest BCUT2D eigenvalue weighted by Gasteiger charge is 2.25. The molecule has 1 aliphatic carbocycles. The SMILES string of the molecule is CC1Oc2ccc(NC(=O)CC3CCCCC3N)cc2NC1=O.Cl. The van der Waals surface area contributed by atoms with Crippen LogP contribution in [0, 0.1) is 5.92 Å². The fourth-order valence-corrected chi connectivity index (χ4v) is 3.23. The molecular weight excluding hydrogens is 330 g/mol. The summed E-state index contributed by atoms with van der Waals surface area (Å²) in [7, 11) is 0. The van der Waals surface area contributed by atoms with Gasteiger partial charge < -0.3 is 21.1 Å². The molecule has 0 saturated heterocycles. The Morgan fingerprint density at radius 3 is 2.88 bits per heavy atom. The Bertz CT molecular complexity index is 623. The monoisotopic (exact) mass is 353 g/mol. The summed E-state index contributed by atoms with van der Waals surface area (Å²) in [6.07, 6.45) is 4.25. The highest BCUT2D eigenvalue weighted by Crippen LogP contribution is 2.32. The van der Waals surface area contributed by atoms with Gasteiger partial charge in [0.05, 0.1) is 5.69 Å². The third kappa shape index (κ3) is 4.19. The van der Waals surface area contributed by atoms with E-state index in [2.05, 4.69) is 10.6 Å². The van der Waals surface area contributed by atoms with Crippen molar-refractivity contribution < 1.29 is 14.3 Å². The molecule has 0 radical (unpaired) electrons. The Hall–Kier alpha value is -1.79. The van der Waals surface area contributed by atoms with E-state index in [-0.39, 0.29) is 36.2 Å². The topological polar surface area (TPSA) is 93.4 Å². The zero-order valence-electron chi connectivity index (χ0n) is 13.7. The molecule has 0 aromatic heterocycles. The van der Waals surface area contributed by atoms with E-state index in [1.807, 2.05) is 0 Å². The lowest BCUT2D eigenvalue weighted by molar-refractivity contribution is -0.122. The van der Waals surface area contributed by atoms with Crippen LogP contribution >= 0.6 is 12.4 Å². The van der Waals surface area contributed by atoms with Crippen LogP contribution in [-0.4, -0.2) is 24.0 Å². The lowest BCUT2D eigenvalue weighted by Gasteiger charge is -2.28. The van der Waals surface area contributed by atoms with Crippen LogP contribution in [-0.2, 0) is 9.59 Å². The van der Waals surface area contributed by atoms with Gasteiger partial charge in [-0.25, -0.2) is 0 Å². The minimum atomic E-state index is -0.504. The minimum absolute atomic E-state index is 0. The van der Waals surface area contributed by atoms with E-state index in [4.69, 9.17) is 10.5 Å². The van der Waals surface area contributed by atoms with Crippen molar-refractivity contribution >= 4 is 35.6 Å². The molecule has 7 heteroatoms. The molecule has 6 nitrogen and oxygen atoms in total. The predicted octanol–water partition coefficient (Wildman–Crippen LogP) is 2.67. The second kappa shape index (κ2) is 7.85. The van der Waals surface area contributed by atoms with E-state index >= 15 is 0 Å². The van der Waals surface area contributed by atoms with E-state index in [0.29, 0.717) is 23.5 Å². The number of nitrogens with two attached hydrogens (primary N) is 1. The van der Waals surface area contributed by atoms with Crippen molar-refractivity contribution in [1.29, 1.82) is 0 Å². The zero-order valence-corrected chi connectivity index (χ0v) is 14.5. The van der Waals surface area contributed by atoms with E-state index in [0.717, 1.165) is 25.7 Å². The van der Waals surface area contributed by atoms with Crippen molar-refractivity contribution in [3.63, 3.8) is 0 Å². The Morgan fingerprint density at radius 2 is 2.12 bits per heavy atom. The quantitative estimate of drug-likeness (QED) is 0.778. The normalized spacial score (nSPS) is 25.6. The average Bonchev–Trinajstić information content (AvgIpc) is 2.51. The summed E-state index contributed by atoms with van der Waals surface area (Å²) in [4.78, 5) is 23.9. The molecule has 2 aliphatic rings. The van der Waals surface area contributed by atoms with Gasteiger partial charge in [0.2, 0.25) is 5.91 Å². The van der Waals surface area contributed by atoms with Crippen LogP contribution in [0.2, 0.25) is 0 Å². The van der Waals surface area contributed by atoms with E-state index in [1.165, 1.54) is 0 Å². The molecule has 1 aliphatic heterocycles. The second-order valence-corrected chi connectivity index (χ2v) is 6.42. The molecule has 0 bridgehead atoms. The van der Waals surface area contributed by atoms with Crippen molar-refractivity contribution in [3.05, 3.63) is 18.2 Å². The van der Waals surface area contributed by atoms with Gasteiger partial charge in [-0.15, -0.1) is 12.4 Å². The van der Waals surface area contributed by atoms with Gasteiger partial charge in [-0.1, -0.05) is 12.8 Å². The Morgan fingerprint density at radius 1 is 1.38 bits per heavy atom. The first-order valence-corrected chi connectivity index (χ1v) is 8.20. The molecule has 3 unspecified atom stereocenters. The first-order chi connectivity index (χ1) is 11.0. The van der Waals surface area contributed by atoms with Crippen LogP contribution in [0.1, 0.15) is 39.0 Å². The third-order valence-electron chi connectivity index (χ3n) is 4.61. The number of benzene rings is 1. The van der Waals surface area contributed by atoms with Crippen LogP contribution in [0.4, 0.5) is 11.4 Å². The second-order valence-electron chi connectivity index (χ2n) is 6.42. The maximum absolute atomic E-state index is 12.2. The first kappa shape index (κ1) is 18.5. The molecule has 1 fully saturated rings. The number of carbonyl (C=O) groups is 2. The van der Waals surface area contributed by atoms with Crippen molar-refractivity contribution in [3.8, 4) is 5.75 Å². The van der Waals surface area contributed by atoms with Gasteiger partial charge in [-0.05, 0) is 43.9 Å². The molecule has 3 atom stereocenters. The van der Waals surface area contributed by atoms with Crippen LogP contribution in [0.3, 0.4) is 0 Å². The number of fused-ring (bicyclic) bond motifs is 1. The summed E-state index contributed by atoms with van der Waals surface area (Å²) in [5, 5.41) is 5.66. The molecule has 0 spiro atoms. The summed E-state index contributed by atoms with van der Waals surface area (Å²) in [5.41, 5.74) is 7.33. The highest BCUT2D eigenvalue weighted by atomic mass is 35.5. The number of anilines is 2. The molecule has 132 valence electrons. The lowest BCUT2D eigenvalue weighted by Crippen LogP contribution is -2.35. The van der Waals surface area contributed by atoms with Crippen molar-refractivity contribution in [2.75, 3.05) is 10.6 Å². The summed E-state index contributed by atoms with van der Waals surface area (Å²) in [6, 6.07) is 5.37.